The summed E-state index contributed by atoms with van der Waals surface area (Å²) in [7, 11) is 1.35. The molecule has 0 heterocycles. The lowest BCUT2D eigenvalue weighted by atomic mass is 9.70. The first-order valence-electron chi connectivity index (χ1n) is 5.50. The normalized spacial score (nSPS) is 26.0. The standard InChI is InChI=1S/C12H17BrO3/c1-16-11(15)12(8-4-5-9-13)7-3-2-6-10(12)14/h4-5H,2-3,6-9H2,1H3/b5-4-. The largest absolute Gasteiger partial charge is 0.468 e. The molecular formula is C12H17BrO3. The lowest BCUT2D eigenvalue weighted by Gasteiger charge is -2.31. The van der Waals surface area contributed by atoms with E-state index in [2.05, 4.69) is 15.9 Å². The SMILES string of the molecule is COC(=O)C1(C/C=C\CBr)CCCCC1=O. The minimum atomic E-state index is -0.911. The number of carbonyl (C=O) groups is 2. The molecule has 0 aromatic rings. The third-order valence-corrected chi connectivity index (χ3v) is 3.46. The van der Waals surface area contributed by atoms with Crippen molar-refractivity contribution in [3.63, 3.8) is 0 Å². The minimum Gasteiger partial charge on any atom is -0.468 e. The number of halogens is 1. The highest BCUT2D eigenvalue weighted by molar-refractivity contribution is 9.09. The van der Waals surface area contributed by atoms with Crippen LogP contribution in [0.4, 0.5) is 0 Å². The van der Waals surface area contributed by atoms with E-state index < -0.39 is 5.41 Å². The predicted octanol–water partition coefficient (Wildman–Crippen LogP) is 2.63. The summed E-state index contributed by atoms with van der Waals surface area (Å²) < 4.78 is 4.79. The van der Waals surface area contributed by atoms with Gasteiger partial charge in [0.1, 0.15) is 11.2 Å². The molecule has 1 aliphatic carbocycles. The summed E-state index contributed by atoms with van der Waals surface area (Å²) in [5, 5.41) is 0.735. The van der Waals surface area contributed by atoms with Crippen LogP contribution < -0.4 is 0 Å². The molecule has 0 N–H and O–H groups in total. The fourth-order valence-electron chi connectivity index (χ4n) is 2.15. The van der Waals surface area contributed by atoms with Crippen molar-refractivity contribution in [2.24, 2.45) is 5.41 Å². The molecule has 1 atom stereocenters. The third kappa shape index (κ3) is 2.73. The Kier molecular flexibility index (Phi) is 5.19. The molecule has 0 aromatic carbocycles. The minimum absolute atomic E-state index is 0.0322. The highest BCUT2D eigenvalue weighted by atomic mass is 79.9. The van der Waals surface area contributed by atoms with Gasteiger partial charge in [-0.3, -0.25) is 9.59 Å². The highest BCUT2D eigenvalue weighted by Crippen LogP contribution is 2.38. The van der Waals surface area contributed by atoms with Gasteiger partial charge in [0.25, 0.3) is 0 Å². The molecule has 90 valence electrons. The zero-order valence-corrected chi connectivity index (χ0v) is 11.1. The van der Waals surface area contributed by atoms with E-state index in [4.69, 9.17) is 4.74 Å². The van der Waals surface area contributed by atoms with Crippen LogP contribution in [0.3, 0.4) is 0 Å². The Hall–Kier alpha value is -0.640. The number of hydrogen-bond donors (Lipinski definition) is 0. The van der Waals surface area contributed by atoms with Crippen LogP contribution in [0.5, 0.6) is 0 Å². The van der Waals surface area contributed by atoms with Crippen LogP contribution in [-0.2, 0) is 14.3 Å². The summed E-state index contributed by atoms with van der Waals surface area (Å²) in [6.07, 6.45) is 7.18. The molecule has 0 aliphatic heterocycles. The number of rotatable bonds is 4. The quantitative estimate of drug-likeness (QED) is 0.346. The lowest BCUT2D eigenvalue weighted by Crippen LogP contribution is -2.42. The number of ketones is 1. The first-order valence-corrected chi connectivity index (χ1v) is 6.62. The fourth-order valence-corrected chi connectivity index (χ4v) is 2.41. The summed E-state index contributed by atoms with van der Waals surface area (Å²) in [5.41, 5.74) is -0.911. The van der Waals surface area contributed by atoms with Crippen molar-refractivity contribution in [2.45, 2.75) is 32.1 Å². The summed E-state index contributed by atoms with van der Waals surface area (Å²) in [6.45, 7) is 0. The summed E-state index contributed by atoms with van der Waals surface area (Å²) in [6, 6.07) is 0. The molecule has 1 aliphatic rings. The number of hydrogen-bond acceptors (Lipinski definition) is 3. The molecule has 0 amide bonds. The summed E-state index contributed by atoms with van der Waals surface area (Å²) in [5.74, 6) is -0.346. The molecule has 3 nitrogen and oxygen atoms in total. The van der Waals surface area contributed by atoms with Gasteiger partial charge >= 0.3 is 5.97 Å². The third-order valence-electron chi connectivity index (χ3n) is 3.09. The zero-order valence-electron chi connectivity index (χ0n) is 9.50. The van der Waals surface area contributed by atoms with Crippen LogP contribution >= 0.6 is 15.9 Å². The first kappa shape index (κ1) is 13.4. The average Bonchev–Trinajstić information content (AvgIpc) is 2.31. The molecule has 16 heavy (non-hydrogen) atoms. The Morgan fingerprint density at radius 3 is 2.81 bits per heavy atom. The van der Waals surface area contributed by atoms with Crippen molar-refractivity contribution in [1.29, 1.82) is 0 Å². The van der Waals surface area contributed by atoms with Gasteiger partial charge in [-0.1, -0.05) is 34.5 Å². The molecular weight excluding hydrogens is 272 g/mol. The second kappa shape index (κ2) is 6.18. The first-order chi connectivity index (χ1) is 7.67. The van der Waals surface area contributed by atoms with E-state index in [1.54, 1.807) is 0 Å². The van der Waals surface area contributed by atoms with E-state index in [1.807, 2.05) is 12.2 Å². The molecule has 1 saturated carbocycles. The van der Waals surface area contributed by atoms with E-state index in [0.29, 0.717) is 19.3 Å². The molecule has 1 unspecified atom stereocenters. The maximum atomic E-state index is 12.0. The van der Waals surface area contributed by atoms with E-state index in [-0.39, 0.29) is 11.8 Å². The van der Waals surface area contributed by atoms with Gasteiger partial charge in [0, 0.05) is 11.8 Å². The molecule has 0 spiro atoms. The summed E-state index contributed by atoms with van der Waals surface area (Å²) in [4.78, 5) is 23.8. The van der Waals surface area contributed by atoms with Gasteiger partial charge in [-0.05, 0) is 19.3 Å². The predicted molar refractivity (Wildman–Crippen MR) is 65.5 cm³/mol. The number of ether oxygens (including phenoxy) is 1. The molecule has 0 saturated heterocycles. The van der Waals surface area contributed by atoms with Crippen LogP contribution in [0.25, 0.3) is 0 Å². The monoisotopic (exact) mass is 288 g/mol. The highest BCUT2D eigenvalue weighted by Gasteiger charge is 2.46. The van der Waals surface area contributed by atoms with Crippen molar-refractivity contribution in [3.05, 3.63) is 12.2 Å². The van der Waals surface area contributed by atoms with E-state index in [1.165, 1.54) is 7.11 Å². The number of esters is 1. The number of alkyl halides is 1. The molecule has 1 fully saturated rings. The van der Waals surface area contributed by atoms with Crippen molar-refractivity contribution in [1.82, 2.24) is 0 Å². The van der Waals surface area contributed by atoms with Gasteiger partial charge in [-0.15, -0.1) is 0 Å². The van der Waals surface area contributed by atoms with Crippen LogP contribution in [0.1, 0.15) is 32.1 Å². The van der Waals surface area contributed by atoms with Gasteiger partial charge in [-0.2, -0.15) is 0 Å². The van der Waals surface area contributed by atoms with Gasteiger partial charge in [0.2, 0.25) is 0 Å². The Balaban J connectivity index is 2.86. The van der Waals surface area contributed by atoms with Crippen molar-refractivity contribution in [2.75, 3.05) is 12.4 Å². The zero-order chi connectivity index (χ0) is 12.0. The molecule has 0 radical (unpaired) electrons. The maximum Gasteiger partial charge on any atom is 0.319 e. The van der Waals surface area contributed by atoms with Gasteiger partial charge in [0.05, 0.1) is 7.11 Å². The smallest absolute Gasteiger partial charge is 0.319 e. The Bertz CT molecular complexity index is 289. The van der Waals surface area contributed by atoms with Crippen molar-refractivity contribution >= 4 is 27.7 Å². The van der Waals surface area contributed by atoms with Gasteiger partial charge in [0.15, 0.2) is 0 Å². The Morgan fingerprint density at radius 1 is 1.50 bits per heavy atom. The van der Waals surface area contributed by atoms with Crippen LogP contribution in [0.15, 0.2) is 12.2 Å². The number of Topliss-reactive ketones (excluding diaryl/α,β-unsaturated/α-hetero) is 1. The van der Waals surface area contributed by atoms with Crippen molar-refractivity contribution in [3.8, 4) is 0 Å². The fraction of sp³-hybridized carbons (Fsp3) is 0.667. The Labute approximate surface area is 104 Å². The lowest BCUT2D eigenvalue weighted by molar-refractivity contribution is -0.159. The number of allylic oxidation sites excluding steroid dienone is 2. The van der Waals surface area contributed by atoms with Crippen molar-refractivity contribution < 1.29 is 14.3 Å². The Morgan fingerprint density at radius 2 is 2.25 bits per heavy atom. The van der Waals surface area contributed by atoms with E-state index in [0.717, 1.165) is 18.2 Å². The summed E-state index contributed by atoms with van der Waals surface area (Å²) >= 11 is 3.27. The number of carbonyl (C=O) groups excluding carboxylic acids is 2. The van der Waals surface area contributed by atoms with Gasteiger partial charge < -0.3 is 4.74 Å². The second-order valence-electron chi connectivity index (χ2n) is 4.03. The molecule has 0 aromatic heterocycles. The van der Waals surface area contributed by atoms with Crippen LogP contribution in [0.2, 0.25) is 0 Å². The molecule has 0 bridgehead atoms. The number of methoxy groups -OCH3 is 1. The topological polar surface area (TPSA) is 43.4 Å². The van der Waals surface area contributed by atoms with Crippen LogP contribution in [0, 0.1) is 5.41 Å². The second-order valence-corrected chi connectivity index (χ2v) is 4.68. The van der Waals surface area contributed by atoms with Gasteiger partial charge in [-0.25, -0.2) is 0 Å². The van der Waals surface area contributed by atoms with Crippen LogP contribution in [-0.4, -0.2) is 24.2 Å². The molecule has 1 rings (SSSR count). The average molecular weight is 289 g/mol. The van der Waals surface area contributed by atoms with E-state index >= 15 is 0 Å². The van der Waals surface area contributed by atoms with E-state index in [9.17, 15) is 9.59 Å². The molecule has 4 heteroatoms. The maximum absolute atomic E-state index is 12.0.